The maximum Gasteiger partial charge on any atom is 0.320 e. The number of hydrogen-bond donors (Lipinski definition) is 1. The fourth-order valence-corrected chi connectivity index (χ4v) is 2.70. The van der Waals surface area contributed by atoms with E-state index in [4.69, 9.17) is 5.11 Å². The van der Waals surface area contributed by atoms with Crippen molar-refractivity contribution >= 4 is 11.9 Å². The summed E-state index contributed by atoms with van der Waals surface area (Å²) in [6.07, 6.45) is 4.08. The standard InChI is InChI=1S/C15H28N2O3/c1-4-6-7-13(5-2)14(18)17-10-8-16(9-11-17)12(3)15(19)20/h12-13H,4-11H2,1-3H3,(H,19,20). The average Bonchev–Trinajstić information content (AvgIpc) is 2.47. The average molecular weight is 284 g/mol. The molecule has 0 aromatic heterocycles. The molecule has 20 heavy (non-hydrogen) atoms. The molecule has 5 nitrogen and oxygen atoms in total. The highest BCUT2D eigenvalue weighted by molar-refractivity contribution is 5.79. The SMILES string of the molecule is CCCCC(CC)C(=O)N1CCN(C(C)C(=O)O)CC1. The zero-order chi connectivity index (χ0) is 15.1. The molecular weight excluding hydrogens is 256 g/mol. The van der Waals surface area contributed by atoms with Crippen molar-refractivity contribution in [1.82, 2.24) is 9.80 Å². The number of piperazine rings is 1. The summed E-state index contributed by atoms with van der Waals surface area (Å²) in [4.78, 5) is 27.2. The van der Waals surface area contributed by atoms with E-state index in [1.807, 2.05) is 9.80 Å². The Bertz CT molecular complexity index is 325. The molecule has 1 saturated heterocycles. The van der Waals surface area contributed by atoms with Gasteiger partial charge in [0.1, 0.15) is 6.04 Å². The van der Waals surface area contributed by atoms with E-state index in [9.17, 15) is 9.59 Å². The van der Waals surface area contributed by atoms with Gasteiger partial charge >= 0.3 is 5.97 Å². The molecule has 1 heterocycles. The van der Waals surface area contributed by atoms with E-state index in [1.54, 1.807) is 6.92 Å². The lowest BCUT2D eigenvalue weighted by molar-refractivity contribution is -0.144. The Kier molecular flexibility index (Phi) is 6.99. The van der Waals surface area contributed by atoms with E-state index < -0.39 is 12.0 Å². The molecule has 1 rings (SSSR count). The molecule has 2 atom stereocenters. The number of carbonyl (C=O) groups excluding carboxylic acids is 1. The summed E-state index contributed by atoms with van der Waals surface area (Å²) in [5.41, 5.74) is 0. The van der Waals surface area contributed by atoms with Crippen molar-refractivity contribution in [2.45, 2.75) is 52.5 Å². The van der Waals surface area contributed by atoms with Crippen LogP contribution in [-0.4, -0.2) is 59.0 Å². The van der Waals surface area contributed by atoms with Crippen LogP contribution in [0.4, 0.5) is 0 Å². The Labute approximate surface area is 121 Å². The monoisotopic (exact) mass is 284 g/mol. The van der Waals surface area contributed by atoms with Crippen molar-refractivity contribution in [2.75, 3.05) is 26.2 Å². The second-order valence-corrected chi connectivity index (χ2v) is 5.62. The Morgan fingerprint density at radius 3 is 2.20 bits per heavy atom. The number of unbranched alkanes of at least 4 members (excludes halogenated alkanes) is 1. The van der Waals surface area contributed by atoms with Gasteiger partial charge in [-0.05, 0) is 19.8 Å². The summed E-state index contributed by atoms with van der Waals surface area (Å²) in [6, 6.07) is -0.464. The molecule has 0 aromatic rings. The molecule has 0 saturated carbocycles. The predicted molar refractivity (Wildman–Crippen MR) is 78.6 cm³/mol. The first-order valence-electron chi connectivity index (χ1n) is 7.76. The van der Waals surface area contributed by atoms with Crippen LogP contribution < -0.4 is 0 Å². The number of carbonyl (C=O) groups is 2. The Hall–Kier alpha value is -1.10. The van der Waals surface area contributed by atoms with Crippen LogP contribution in [0.15, 0.2) is 0 Å². The number of rotatable bonds is 7. The zero-order valence-electron chi connectivity index (χ0n) is 13.0. The van der Waals surface area contributed by atoms with Crippen LogP contribution in [0.5, 0.6) is 0 Å². The van der Waals surface area contributed by atoms with Gasteiger partial charge in [-0.3, -0.25) is 14.5 Å². The van der Waals surface area contributed by atoms with E-state index in [1.165, 1.54) is 0 Å². The second kappa shape index (κ2) is 8.25. The Morgan fingerprint density at radius 2 is 1.75 bits per heavy atom. The largest absolute Gasteiger partial charge is 0.480 e. The zero-order valence-corrected chi connectivity index (χ0v) is 13.0. The molecule has 0 spiro atoms. The summed E-state index contributed by atoms with van der Waals surface area (Å²) in [5.74, 6) is -0.402. The molecule has 1 aliphatic rings. The van der Waals surface area contributed by atoms with E-state index >= 15 is 0 Å². The molecule has 0 bridgehead atoms. The predicted octanol–water partition coefficient (Wildman–Crippen LogP) is 1.82. The van der Waals surface area contributed by atoms with Crippen molar-refractivity contribution in [3.8, 4) is 0 Å². The van der Waals surface area contributed by atoms with Gasteiger partial charge in [-0.2, -0.15) is 0 Å². The molecule has 1 fully saturated rings. The first kappa shape index (κ1) is 17.0. The van der Waals surface area contributed by atoms with Gasteiger partial charge in [0.25, 0.3) is 0 Å². The highest BCUT2D eigenvalue weighted by Crippen LogP contribution is 2.17. The minimum atomic E-state index is -0.792. The second-order valence-electron chi connectivity index (χ2n) is 5.62. The maximum absolute atomic E-state index is 12.4. The van der Waals surface area contributed by atoms with Gasteiger partial charge in [-0.1, -0.05) is 26.7 Å². The first-order chi connectivity index (χ1) is 9.51. The quantitative estimate of drug-likeness (QED) is 0.774. The van der Waals surface area contributed by atoms with Gasteiger partial charge in [0, 0.05) is 32.1 Å². The van der Waals surface area contributed by atoms with Crippen molar-refractivity contribution in [3.05, 3.63) is 0 Å². The normalized spacial score (nSPS) is 19.6. The third kappa shape index (κ3) is 4.47. The van der Waals surface area contributed by atoms with E-state index in [-0.39, 0.29) is 11.8 Å². The molecule has 0 aromatic carbocycles. The minimum absolute atomic E-state index is 0.137. The number of nitrogens with zero attached hydrogens (tertiary/aromatic N) is 2. The number of carboxylic acids is 1. The molecule has 1 amide bonds. The van der Waals surface area contributed by atoms with E-state index in [0.717, 1.165) is 25.7 Å². The first-order valence-corrected chi connectivity index (χ1v) is 7.76. The van der Waals surface area contributed by atoms with Crippen molar-refractivity contribution < 1.29 is 14.7 Å². The fourth-order valence-electron chi connectivity index (χ4n) is 2.70. The summed E-state index contributed by atoms with van der Waals surface area (Å²) in [7, 11) is 0. The number of hydrogen-bond acceptors (Lipinski definition) is 3. The highest BCUT2D eigenvalue weighted by Gasteiger charge is 2.29. The Balaban J connectivity index is 2.47. The lowest BCUT2D eigenvalue weighted by Crippen LogP contribution is -2.54. The van der Waals surface area contributed by atoms with Crippen LogP contribution in [0.2, 0.25) is 0 Å². The molecule has 0 radical (unpaired) electrons. The summed E-state index contributed by atoms with van der Waals surface area (Å²) < 4.78 is 0. The molecule has 1 aliphatic heterocycles. The third-order valence-corrected chi connectivity index (χ3v) is 4.28. The topological polar surface area (TPSA) is 60.9 Å². The smallest absolute Gasteiger partial charge is 0.320 e. The van der Waals surface area contributed by atoms with Crippen molar-refractivity contribution in [3.63, 3.8) is 0 Å². The molecule has 2 unspecified atom stereocenters. The van der Waals surface area contributed by atoms with Gasteiger partial charge in [0.15, 0.2) is 0 Å². The van der Waals surface area contributed by atoms with E-state index in [0.29, 0.717) is 26.2 Å². The molecule has 116 valence electrons. The summed E-state index contributed by atoms with van der Waals surface area (Å²) in [5, 5.41) is 9.01. The number of aliphatic carboxylic acids is 1. The number of carboxylic acid groups (broad SMARTS) is 1. The minimum Gasteiger partial charge on any atom is -0.480 e. The lowest BCUT2D eigenvalue weighted by Gasteiger charge is -2.38. The fraction of sp³-hybridized carbons (Fsp3) is 0.867. The van der Waals surface area contributed by atoms with Gasteiger partial charge in [0.05, 0.1) is 0 Å². The van der Waals surface area contributed by atoms with Gasteiger partial charge in [-0.15, -0.1) is 0 Å². The van der Waals surface area contributed by atoms with Gasteiger partial charge in [0.2, 0.25) is 5.91 Å². The van der Waals surface area contributed by atoms with Crippen LogP contribution in [-0.2, 0) is 9.59 Å². The molecule has 1 N–H and O–H groups in total. The van der Waals surface area contributed by atoms with Gasteiger partial charge in [-0.25, -0.2) is 0 Å². The van der Waals surface area contributed by atoms with Crippen LogP contribution in [0.3, 0.4) is 0 Å². The summed E-state index contributed by atoms with van der Waals surface area (Å²) >= 11 is 0. The van der Waals surface area contributed by atoms with Crippen molar-refractivity contribution in [2.24, 2.45) is 5.92 Å². The van der Waals surface area contributed by atoms with Gasteiger partial charge < -0.3 is 10.0 Å². The van der Waals surface area contributed by atoms with E-state index in [2.05, 4.69) is 13.8 Å². The van der Waals surface area contributed by atoms with Crippen LogP contribution in [0, 0.1) is 5.92 Å². The summed E-state index contributed by atoms with van der Waals surface area (Å²) in [6.45, 7) is 8.53. The van der Waals surface area contributed by atoms with Crippen LogP contribution in [0.25, 0.3) is 0 Å². The highest BCUT2D eigenvalue weighted by atomic mass is 16.4. The third-order valence-electron chi connectivity index (χ3n) is 4.28. The van der Waals surface area contributed by atoms with Crippen LogP contribution >= 0.6 is 0 Å². The number of amides is 1. The molecule has 5 heteroatoms. The van der Waals surface area contributed by atoms with Crippen LogP contribution in [0.1, 0.15) is 46.5 Å². The lowest BCUT2D eigenvalue weighted by atomic mass is 9.97. The Morgan fingerprint density at radius 1 is 1.15 bits per heavy atom. The van der Waals surface area contributed by atoms with Crippen molar-refractivity contribution in [1.29, 1.82) is 0 Å². The molecule has 0 aliphatic carbocycles. The molecular formula is C15H28N2O3. The maximum atomic E-state index is 12.4.